The third kappa shape index (κ3) is 1.88. The second-order valence-corrected chi connectivity index (χ2v) is 5.28. The SMILES string of the molecule is CN1C(=O)C(C)(NCCN)c2ccc(Br)cc21. The molecule has 1 aromatic rings. The lowest BCUT2D eigenvalue weighted by atomic mass is 9.93. The minimum atomic E-state index is -0.663. The Labute approximate surface area is 109 Å². The highest BCUT2D eigenvalue weighted by molar-refractivity contribution is 9.10. The quantitative estimate of drug-likeness (QED) is 0.881. The van der Waals surface area contributed by atoms with Crippen molar-refractivity contribution in [2.24, 2.45) is 5.73 Å². The highest BCUT2D eigenvalue weighted by Gasteiger charge is 2.45. The highest BCUT2D eigenvalue weighted by Crippen LogP contribution is 2.40. The predicted octanol–water partition coefficient (Wildman–Crippen LogP) is 1.19. The lowest BCUT2D eigenvalue weighted by molar-refractivity contribution is -0.123. The molecular weight excluding hydrogens is 282 g/mol. The zero-order chi connectivity index (χ0) is 12.6. The molecule has 0 aliphatic carbocycles. The van der Waals surface area contributed by atoms with Crippen LogP contribution in [0, 0.1) is 0 Å². The van der Waals surface area contributed by atoms with Gasteiger partial charge in [-0.1, -0.05) is 22.0 Å². The van der Waals surface area contributed by atoms with Gasteiger partial charge in [0.25, 0.3) is 5.91 Å². The first-order valence-corrected chi connectivity index (χ1v) is 6.33. The first-order chi connectivity index (χ1) is 8.00. The fourth-order valence-corrected chi connectivity index (χ4v) is 2.61. The van der Waals surface area contributed by atoms with Crippen molar-refractivity contribution >= 4 is 27.5 Å². The van der Waals surface area contributed by atoms with Crippen molar-refractivity contribution in [2.45, 2.75) is 12.5 Å². The maximum absolute atomic E-state index is 12.3. The molecule has 0 saturated heterocycles. The zero-order valence-electron chi connectivity index (χ0n) is 9.96. The van der Waals surface area contributed by atoms with Crippen molar-refractivity contribution in [1.29, 1.82) is 0 Å². The maximum Gasteiger partial charge on any atom is 0.251 e. The zero-order valence-corrected chi connectivity index (χ0v) is 11.5. The molecule has 2 rings (SSSR count). The van der Waals surface area contributed by atoms with Crippen LogP contribution in [-0.4, -0.2) is 26.0 Å². The number of nitrogens with one attached hydrogen (secondary N) is 1. The summed E-state index contributed by atoms with van der Waals surface area (Å²) in [7, 11) is 1.79. The fourth-order valence-electron chi connectivity index (χ4n) is 2.26. The Hall–Kier alpha value is -0.910. The van der Waals surface area contributed by atoms with Gasteiger partial charge < -0.3 is 10.6 Å². The van der Waals surface area contributed by atoms with Crippen LogP contribution in [0.25, 0.3) is 0 Å². The van der Waals surface area contributed by atoms with E-state index < -0.39 is 5.54 Å². The highest BCUT2D eigenvalue weighted by atomic mass is 79.9. The van der Waals surface area contributed by atoms with Gasteiger partial charge in [-0.2, -0.15) is 0 Å². The van der Waals surface area contributed by atoms with Gasteiger partial charge in [0.2, 0.25) is 0 Å². The molecule has 1 aliphatic rings. The summed E-state index contributed by atoms with van der Waals surface area (Å²) in [5, 5.41) is 3.23. The van der Waals surface area contributed by atoms with Gasteiger partial charge in [0.15, 0.2) is 0 Å². The molecule has 0 fully saturated rings. The Balaban J connectivity index is 2.47. The molecule has 0 spiro atoms. The number of rotatable bonds is 3. The third-order valence-corrected chi connectivity index (χ3v) is 3.71. The van der Waals surface area contributed by atoms with E-state index >= 15 is 0 Å². The number of carbonyl (C=O) groups excluding carboxylic acids is 1. The van der Waals surface area contributed by atoms with Crippen molar-refractivity contribution in [1.82, 2.24) is 5.32 Å². The molecule has 0 radical (unpaired) electrons. The summed E-state index contributed by atoms with van der Waals surface area (Å²) in [6.07, 6.45) is 0. The van der Waals surface area contributed by atoms with E-state index in [0.717, 1.165) is 15.7 Å². The summed E-state index contributed by atoms with van der Waals surface area (Å²) in [5.74, 6) is 0.0547. The van der Waals surface area contributed by atoms with Crippen LogP contribution >= 0.6 is 15.9 Å². The monoisotopic (exact) mass is 297 g/mol. The topological polar surface area (TPSA) is 58.4 Å². The van der Waals surface area contributed by atoms with E-state index in [2.05, 4.69) is 21.2 Å². The van der Waals surface area contributed by atoms with E-state index in [-0.39, 0.29) is 5.91 Å². The van der Waals surface area contributed by atoms with Crippen LogP contribution in [0.4, 0.5) is 5.69 Å². The fraction of sp³-hybridized carbons (Fsp3) is 0.417. The number of nitrogens with zero attached hydrogens (tertiary/aromatic N) is 1. The van der Waals surface area contributed by atoms with Gasteiger partial charge in [0.1, 0.15) is 5.54 Å². The number of anilines is 1. The Morgan fingerprint density at radius 1 is 1.53 bits per heavy atom. The molecule has 1 atom stereocenters. The Morgan fingerprint density at radius 3 is 2.88 bits per heavy atom. The molecule has 1 aromatic carbocycles. The molecule has 0 aromatic heterocycles. The van der Waals surface area contributed by atoms with Crippen molar-refractivity contribution in [3.63, 3.8) is 0 Å². The minimum Gasteiger partial charge on any atom is -0.329 e. The number of fused-ring (bicyclic) bond motifs is 1. The molecule has 17 heavy (non-hydrogen) atoms. The lowest BCUT2D eigenvalue weighted by Crippen LogP contribution is -2.49. The van der Waals surface area contributed by atoms with E-state index in [1.807, 2.05) is 25.1 Å². The van der Waals surface area contributed by atoms with E-state index in [1.54, 1.807) is 11.9 Å². The predicted molar refractivity (Wildman–Crippen MR) is 72.0 cm³/mol. The number of amides is 1. The summed E-state index contributed by atoms with van der Waals surface area (Å²) < 4.78 is 0.971. The van der Waals surface area contributed by atoms with E-state index in [9.17, 15) is 4.79 Å². The van der Waals surface area contributed by atoms with Crippen LogP contribution in [0.15, 0.2) is 22.7 Å². The lowest BCUT2D eigenvalue weighted by Gasteiger charge is -2.24. The van der Waals surface area contributed by atoms with Crippen LogP contribution < -0.4 is 16.0 Å². The summed E-state index contributed by atoms with van der Waals surface area (Å²) in [4.78, 5) is 14.0. The van der Waals surface area contributed by atoms with Gasteiger partial charge in [-0.3, -0.25) is 10.1 Å². The minimum absolute atomic E-state index is 0.0547. The van der Waals surface area contributed by atoms with Gasteiger partial charge in [0, 0.05) is 30.2 Å². The van der Waals surface area contributed by atoms with Crippen LogP contribution in [0.5, 0.6) is 0 Å². The molecule has 5 heteroatoms. The van der Waals surface area contributed by atoms with Crippen molar-refractivity contribution in [2.75, 3.05) is 25.0 Å². The standard InChI is InChI=1S/C12H16BrN3O/c1-12(15-6-5-14)9-4-3-8(13)7-10(9)16(2)11(12)17/h3-4,7,15H,5-6,14H2,1-2H3. The van der Waals surface area contributed by atoms with E-state index in [4.69, 9.17) is 5.73 Å². The van der Waals surface area contributed by atoms with Crippen LogP contribution in [-0.2, 0) is 10.3 Å². The summed E-state index contributed by atoms with van der Waals surface area (Å²) in [5.41, 5.74) is 6.77. The van der Waals surface area contributed by atoms with Crippen molar-refractivity contribution in [3.8, 4) is 0 Å². The van der Waals surface area contributed by atoms with Crippen LogP contribution in [0.1, 0.15) is 12.5 Å². The first kappa shape index (κ1) is 12.5. The van der Waals surface area contributed by atoms with Crippen LogP contribution in [0.2, 0.25) is 0 Å². The van der Waals surface area contributed by atoms with Gasteiger partial charge in [-0.05, 0) is 19.1 Å². The maximum atomic E-state index is 12.3. The Kier molecular flexibility index (Phi) is 3.25. The van der Waals surface area contributed by atoms with Gasteiger partial charge in [-0.15, -0.1) is 0 Å². The summed E-state index contributed by atoms with van der Waals surface area (Å²) >= 11 is 3.42. The molecule has 0 saturated carbocycles. The number of nitrogens with two attached hydrogens (primary N) is 1. The normalized spacial score (nSPS) is 23.1. The molecular formula is C12H16BrN3O. The number of hydrogen-bond acceptors (Lipinski definition) is 3. The molecule has 1 aliphatic heterocycles. The molecule has 4 nitrogen and oxygen atoms in total. The second-order valence-electron chi connectivity index (χ2n) is 4.37. The molecule has 1 unspecified atom stereocenters. The number of halogens is 1. The molecule has 0 bridgehead atoms. The number of carbonyl (C=O) groups is 1. The largest absolute Gasteiger partial charge is 0.329 e. The summed E-state index contributed by atoms with van der Waals surface area (Å²) in [6, 6.07) is 5.89. The summed E-state index contributed by atoms with van der Waals surface area (Å²) in [6.45, 7) is 3.03. The number of likely N-dealkylation sites (N-methyl/N-ethyl adjacent to an activating group) is 1. The van der Waals surface area contributed by atoms with Crippen LogP contribution in [0.3, 0.4) is 0 Å². The van der Waals surface area contributed by atoms with Gasteiger partial charge in [-0.25, -0.2) is 0 Å². The molecule has 1 amide bonds. The first-order valence-electron chi connectivity index (χ1n) is 5.54. The molecule has 92 valence electrons. The van der Waals surface area contributed by atoms with Crippen molar-refractivity contribution < 1.29 is 4.79 Å². The number of benzene rings is 1. The molecule has 1 heterocycles. The number of hydrogen-bond donors (Lipinski definition) is 2. The third-order valence-electron chi connectivity index (χ3n) is 3.22. The van der Waals surface area contributed by atoms with Crippen molar-refractivity contribution in [3.05, 3.63) is 28.2 Å². The smallest absolute Gasteiger partial charge is 0.251 e. The average molecular weight is 298 g/mol. The van der Waals surface area contributed by atoms with E-state index in [1.165, 1.54) is 0 Å². The molecule has 3 N–H and O–H groups in total. The Bertz CT molecular complexity index is 463. The van der Waals surface area contributed by atoms with Gasteiger partial charge >= 0.3 is 0 Å². The average Bonchev–Trinajstić information content (AvgIpc) is 2.50. The second kappa shape index (κ2) is 4.40. The van der Waals surface area contributed by atoms with Gasteiger partial charge in [0.05, 0.1) is 5.69 Å². The Morgan fingerprint density at radius 2 is 2.24 bits per heavy atom. The van der Waals surface area contributed by atoms with E-state index in [0.29, 0.717) is 13.1 Å².